The molecule has 0 saturated carbocycles. The van der Waals surface area contributed by atoms with Crippen molar-refractivity contribution in [1.82, 2.24) is 9.80 Å². The van der Waals surface area contributed by atoms with Gasteiger partial charge in [-0.15, -0.1) is 12.4 Å². The molecule has 1 aliphatic heterocycles. The minimum atomic E-state index is -4.30. The van der Waals surface area contributed by atoms with Gasteiger partial charge in [-0.25, -0.2) is 0 Å². The molecule has 1 aromatic rings. The van der Waals surface area contributed by atoms with E-state index in [1.54, 1.807) is 0 Å². The maximum atomic E-state index is 12.6. The van der Waals surface area contributed by atoms with E-state index in [4.69, 9.17) is 5.73 Å². The highest BCUT2D eigenvalue weighted by atomic mass is 35.5. The topological polar surface area (TPSA) is 49.6 Å². The van der Waals surface area contributed by atoms with Crippen molar-refractivity contribution in [3.63, 3.8) is 0 Å². The molecule has 136 valence electrons. The van der Waals surface area contributed by atoms with E-state index in [2.05, 4.69) is 4.90 Å². The molecule has 1 amide bonds. The predicted molar refractivity (Wildman–Crippen MR) is 88.8 cm³/mol. The summed E-state index contributed by atoms with van der Waals surface area (Å²) in [5, 5.41) is 0. The third-order valence-electron chi connectivity index (χ3n) is 3.99. The summed E-state index contributed by atoms with van der Waals surface area (Å²) in [5.41, 5.74) is 5.63. The molecule has 0 aliphatic carbocycles. The van der Waals surface area contributed by atoms with Gasteiger partial charge in [-0.2, -0.15) is 13.2 Å². The van der Waals surface area contributed by atoms with E-state index in [1.165, 1.54) is 12.1 Å². The summed E-state index contributed by atoms with van der Waals surface area (Å²) in [6.45, 7) is 3.84. The molecule has 2 N–H and O–H groups in total. The van der Waals surface area contributed by atoms with Crippen molar-refractivity contribution in [2.24, 2.45) is 5.73 Å². The molecular formula is C16H23ClF3N3O. The molecule has 0 unspecified atom stereocenters. The van der Waals surface area contributed by atoms with Crippen molar-refractivity contribution in [2.75, 3.05) is 32.7 Å². The molecule has 1 aromatic carbocycles. The normalized spacial score (nSPS) is 16.4. The average molecular weight is 366 g/mol. The van der Waals surface area contributed by atoms with Crippen LogP contribution in [0, 0.1) is 0 Å². The number of alkyl halides is 3. The zero-order valence-corrected chi connectivity index (χ0v) is 14.2. The van der Waals surface area contributed by atoms with Crippen LogP contribution in [-0.4, -0.2) is 48.4 Å². The number of amides is 1. The Balaban J connectivity index is 0.00000288. The Labute approximate surface area is 146 Å². The second-order valence-corrected chi connectivity index (χ2v) is 5.74. The van der Waals surface area contributed by atoms with Crippen molar-refractivity contribution in [3.8, 4) is 0 Å². The Morgan fingerprint density at radius 2 is 1.75 bits per heavy atom. The van der Waals surface area contributed by atoms with Crippen molar-refractivity contribution in [3.05, 3.63) is 35.4 Å². The van der Waals surface area contributed by atoms with E-state index in [-0.39, 0.29) is 18.3 Å². The fourth-order valence-corrected chi connectivity index (χ4v) is 2.72. The van der Waals surface area contributed by atoms with Gasteiger partial charge in [-0.05, 0) is 24.1 Å². The van der Waals surface area contributed by atoms with Gasteiger partial charge in [-0.1, -0.05) is 12.1 Å². The summed E-state index contributed by atoms with van der Waals surface area (Å²) in [5.74, 6) is 0.0730. The van der Waals surface area contributed by atoms with Gasteiger partial charge >= 0.3 is 6.18 Å². The summed E-state index contributed by atoms with van der Waals surface area (Å²) < 4.78 is 37.7. The van der Waals surface area contributed by atoms with Gasteiger partial charge in [-0.3, -0.25) is 9.69 Å². The standard InChI is InChI=1S/C16H22F3N3O.ClH/c17-16(18,19)14-4-2-13(3-5-14)12-21-8-1-9-22(11-10-21)15(23)6-7-20;/h2-5H,1,6-12,20H2;1H. The number of hydrogen-bond donors (Lipinski definition) is 1. The Morgan fingerprint density at radius 1 is 1.08 bits per heavy atom. The number of carbonyl (C=O) groups excluding carboxylic acids is 1. The maximum Gasteiger partial charge on any atom is 0.416 e. The first-order chi connectivity index (χ1) is 10.9. The lowest BCUT2D eigenvalue weighted by atomic mass is 10.1. The summed E-state index contributed by atoms with van der Waals surface area (Å²) in [6, 6.07) is 5.27. The SMILES string of the molecule is Cl.NCCC(=O)N1CCCN(Cc2ccc(C(F)(F)F)cc2)CC1. The number of halogens is 4. The summed E-state index contributed by atoms with van der Waals surface area (Å²) in [4.78, 5) is 15.9. The molecule has 4 nitrogen and oxygen atoms in total. The molecule has 2 rings (SSSR count). The van der Waals surface area contributed by atoms with Gasteiger partial charge in [0.25, 0.3) is 0 Å². The molecule has 1 fully saturated rings. The van der Waals surface area contributed by atoms with Crippen LogP contribution in [-0.2, 0) is 17.5 Å². The quantitative estimate of drug-likeness (QED) is 0.892. The minimum absolute atomic E-state index is 0. The Morgan fingerprint density at radius 3 is 2.33 bits per heavy atom. The first kappa shape index (κ1) is 20.7. The molecule has 0 bridgehead atoms. The van der Waals surface area contributed by atoms with Crippen LogP contribution in [0.5, 0.6) is 0 Å². The van der Waals surface area contributed by atoms with Crippen LogP contribution in [0.15, 0.2) is 24.3 Å². The van der Waals surface area contributed by atoms with Crippen LogP contribution in [0.25, 0.3) is 0 Å². The molecule has 1 aliphatic rings. The lowest BCUT2D eigenvalue weighted by Crippen LogP contribution is -2.35. The number of rotatable bonds is 4. The lowest BCUT2D eigenvalue weighted by Gasteiger charge is -2.22. The van der Waals surface area contributed by atoms with Crippen LogP contribution in [0.4, 0.5) is 13.2 Å². The molecule has 0 radical (unpaired) electrons. The van der Waals surface area contributed by atoms with Crippen LogP contribution < -0.4 is 5.73 Å². The Bertz CT molecular complexity index is 522. The highest BCUT2D eigenvalue weighted by Gasteiger charge is 2.30. The van der Waals surface area contributed by atoms with Crippen molar-refractivity contribution < 1.29 is 18.0 Å². The van der Waals surface area contributed by atoms with E-state index < -0.39 is 11.7 Å². The number of benzene rings is 1. The monoisotopic (exact) mass is 365 g/mol. The van der Waals surface area contributed by atoms with E-state index in [9.17, 15) is 18.0 Å². The summed E-state index contributed by atoms with van der Waals surface area (Å²) in [6.07, 6.45) is -3.08. The van der Waals surface area contributed by atoms with Crippen LogP contribution in [0.3, 0.4) is 0 Å². The van der Waals surface area contributed by atoms with E-state index >= 15 is 0 Å². The zero-order valence-electron chi connectivity index (χ0n) is 13.4. The molecule has 0 aromatic heterocycles. The number of nitrogens with two attached hydrogens (primary N) is 1. The average Bonchev–Trinajstić information content (AvgIpc) is 2.73. The van der Waals surface area contributed by atoms with E-state index in [0.717, 1.165) is 37.2 Å². The van der Waals surface area contributed by atoms with Gasteiger partial charge in [0, 0.05) is 45.7 Å². The smallest absolute Gasteiger partial charge is 0.341 e. The highest BCUT2D eigenvalue weighted by Crippen LogP contribution is 2.29. The van der Waals surface area contributed by atoms with Crippen molar-refractivity contribution in [2.45, 2.75) is 25.6 Å². The van der Waals surface area contributed by atoms with Crippen LogP contribution >= 0.6 is 12.4 Å². The third kappa shape index (κ3) is 5.96. The lowest BCUT2D eigenvalue weighted by molar-refractivity contribution is -0.137. The fraction of sp³-hybridized carbons (Fsp3) is 0.562. The minimum Gasteiger partial charge on any atom is -0.341 e. The van der Waals surface area contributed by atoms with Gasteiger partial charge < -0.3 is 10.6 Å². The second-order valence-electron chi connectivity index (χ2n) is 5.74. The van der Waals surface area contributed by atoms with E-state index in [1.807, 2.05) is 4.90 Å². The zero-order chi connectivity index (χ0) is 16.9. The summed E-state index contributed by atoms with van der Waals surface area (Å²) >= 11 is 0. The Kier molecular flexibility index (Phi) is 7.99. The third-order valence-corrected chi connectivity index (χ3v) is 3.99. The fourth-order valence-electron chi connectivity index (χ4n) is 2.72. The summed E-state index contributed by atoms with van der Waals surface area (Å²) in [7, 11) is 0. The molecule has 24 heavy (non-hydrogen) atoms. The molecular weight excluding hydrogens is 343 g/mol. The number of nitrogens with zero attached hydrogens (tertiary/aromatic N) is 2. The second kappa shape index (κ2) is 9.25. The number of hydrogen-bond acceptors (Lipinski definition) is 3. The molecule has 0 atom stereocenters. The number of carbonyl (C=O) groups is 1. The molecule has 1 saturated heterocycles. The molecule has 1 heterocycles. The van der Waals surface area contributed by atoms with Gasteiger partial charge in [0.2, 0.25) is 5.91 Å². The van der Waals surface area contributed by atoms with Crippen molar-refractivity contribution >= 4 is 18.3 Å². The van der Waals surface area contributed by atoms with Crippen LogP contribution in [0.1, 0.15) is 24.0 Å². The van der Waals surface area contributed by atoms with Gasteiger partial charge in [0.15, 0.2) is 0 Å². The Hall–Kier alpha value is -1.31. The van der Waals surface area contributed by atoms with E-state index in [0.29, 0.717) is 32.6 Å². The maximum absolute atomic E-state index is 12.6. The van der Waals surface area contributed by atoms with Gasteiger partial charge in [0.1, 0.15) is 0 Å². The first-order valence-corrected chi connectivity index (χ1v) is 7.76. The highest BCUT2D eigenvalue weighted by molar-refractivity contribution is 5.85. The first-order valence-electron chi connectivity index (χ1n) is 7.76. The molecule has 0 spiro atoms. The molecule has 8 heteroatoms. The van der Waals surface area contributed by atoms with Crippen LogP contribution in [0.2, 0.25) is 0 Å². The van der Waals surface area contributed by atoms with Gasteiger partial charge in [0.05, 0.1) is 5.56 Å². The predicted octanol–water partition coefficient (Wildman–Crippen LogP) is 2.51. The van der Waals surface area contributed by atoms with Crippen molar-refractivity contribution in [1.29, 1.82) is 0 Å². The largest absolute Gasteiger partial charge is 0.416 e.